The van der Waals surface area contributed by atoms with Crippen molar-refractivity contribution in [2.24, 2.45) is 11.5 Å². The number of aromatic nitrogens is 4. The van der Waals surface area contributed by atoms with Crippen molar-refractivity contribution < 1.29 is 4.52 Å². The number of aryl methyl sites for hydroxylation is 2. The maximum Gasteiger partial charge on any atom is 0.160 e. The van der Waals surface area contributed by atoms with Crippen LogP contribution in [0.3, 0.4) is 0 Å². The lowest BCUT2D eigenvalue weighted by Crippen LogP contribution is -2.36. The molecule has 7 nitrogen and oxygen atoms in total. The number of nitrogens with zero attached hydrogens (tertiary/aromatic N) is 4. The standard InChI is InChI=1S/C25H24N6OS/c1-14-20(15(2)32-31-14)18-13-33-24-22(18)29-25(17-8-10-28-11-9-17)30-23(24)21(27)19(26)12-16-6-4-3-5-7-16/h3-11,13,19,21H,12,26-27H2,1-2H3. The molecule has 0 aliphatic carbocycles. The van der Waals surface area contributed by atoms with Crippen molar-refractivity contribution in [1.82, 2.24) is 20.1 Å². The van der Waals surface area contributed by atoms with Crippen molar-refractivity contribution in [3.8, 4) is 22.5 Å². The summed E-state index contributed by atoms with van der Waals surface area (Å²) in [6.45, 7) is 3.84. The monoisotopic (exact) mass is 456 g/mol. The molecule has 166 valence electrons. The van der Waals surface area contributed by atoms with E-state index < -0.39 is 6.04 Å². The van der Waals surface area contributed by atoms with Gasteiger partial charge in [-0.3, -0.25) is 4.98 Å². The zero-order valence-corrected chi connectivity index (χ0v) is 19.2. The molecule has 0 bridgehead atoms. The summed E-state index contributed by atoms with van der Waals surface area (Å²) >= 11 is 1.57. The highest BCUT2D eigenvalue weighted by Gasteiger charge is 2.25. The van der Waals surface area contributed by atoms with Crippen molar-refractivity contribution in [2.45, 2.75) is 32.4 Å². The Bertz CT molecular complexity index is 1380. The third-order valence-corrected chi connectivity index (χ3v) is 6.77. The molecule has 0 radical (unpaired) electrons. The summed E-state index contributed by atoms with van der Waals surface area (Å²) < 4.78 is 6.35. The molecule has 4 heterocycles. The molecule has 0 aliphatic heterocycles. The molecule has 1 aromatic carbocycles. The number of hydrogen-bond acceptors (Lipinski definition) is 8. The first-order chi connectivity index (χ1) is 16.0. The van der Waals surface area contributed by atoms with E-state index in [9.17, 15) is 0 Å². The molecule has 33 heavy (non-hydrogen) atoms. The maximum absolute atomic E-state index is 6.74. The van der Waals surface area contributed by atoms with Crippen LogP contribution in [0.15, 0.2) is 64.8 Å². The quantitative estimate of drug-likeness (QED) is 0.384. The van der Waals surface area contributed by atoms with E-state index in [1.165, 1.54) is 0 Å². The fourth-order valence-corrected chi connectivity index (χ4v) is 5.09. The molecule has 0 saturated heterocycles. The van der Waals surface area contributed by atoms with Crippen molar-refractivity contribution in [2.75, 3.05) is 0 Å². The van der Waals surface area contributed by atoms with Gasteiger partial charge in [0.05, 0.1) is 33.2 Å². The van der Waals surface area contributed by atoms with Gasteiger partial charge in [0.2, 0.25) is 0 Å². The van der Waals surface area contributed by atoms with Gasteiger partial charge < -0.3 is 16.0 Å². The molecule has 5 rings (SSSR count). The Kier molecular flexibility index (Phi) is 5.72. The molecule has 0 amide bonds. The minimum absolute atomic E-state index is 0.305. The SMILES string of the molecule is Cc1noc(C)c1-c1csc2c(C(N)C(N)Cc3ccccc3)nc(-c3ccncc3)nc12. The summed E-state index contributed by atoms with van der Waals surface area (Å²) in [5.74, 6) is 1.34. The van der Waals surface area contributed by atoms with Gasteiger partial charge in [-0.2, -0.15) is 0 Å². The zero-order chi connectivity index (χ0) is 22.9. The predicted molar refractivity (Wildman–Crippen MR) is 131 cm³/mol. The average Bonchev–Trinajstić information content (AvgIpc) is 3.41. The van der Waals surface area contributed by atoms with Crippen molar-refractivity contribution in [3.63, 3.8) is 0 Å². The number of fused-ring (bicyclic) bond motifs is 1. The molecule has 8 heteroatoms. The fraction of sp³-hybridized carbons (Fsp3) is 0.200. The van der Waals surface area contributed by atoms with Crippen molar-refractivity contribution in [1.29, 1.82) is 0 Å². The number of hydrogen-bond donors (Lipinski definition) is 2. The Morgan fingerprint density at radius 1 is 1.00 bits per heavy atom. The van der Waals surface area contributed by atoms with E-state index in [0.717, 1.165) is 49.6 Å². The van der Waals surface area contributed by atoms with Crippen LogP contribution in [-0.4, -0.2) is 26.2 Å². The van der Waals surface area contributed by atoms with Gasteiger partial charge >= 0.3 is 0 Å². The summed E-state index contributed by atoms with van der Waals surface area (Å²) in [6.07, 6.45) is 4.11. The second-order valence-corrected chi connectivity index (χ2v) is 8.95. The Morgan fingerprint density at radius 3 is 2.45 bits per heavy atom. The predicted octanol–water partition coefficient (Wildman–Crippen LogP) is 4.59. The number of nitrogens with two attached hydrogens (primary N) is 2. The van der Waals surface area contributed by atoms with Crippen LogP contribution in [0.1, 0.15) is 28.8 Å². The summed E-state index contributed by atoms with van der Waals surface area (Å²) in [4.78, 5) is 14.0. The second-order valence-electron chi connectivity index (χ2n) is 8.07. The van der Waals surface area contributed by atoms with Crippen LogP contribution < -0.4 is 11.5 Å². The largest absolute Gasteiger partial charge is 0.361 e. The number of rotatable bonds is 6. The highest BCUT2D eigenvalue weighted by Crippen LogP contribution is 2.39. The normalized spacial score (nSPS) is 13.3. The van der Waals surface area contributed by atoms with E-state index in [1.807, 2.05) is 44.2 Å². The highest BCUT2D eigenvalue weighted by molar-refractivity contribution is 7.17. The molecule has 0 saturated carbocycles. The van der Waals surface area contributed by atoms with Gasteiger partial charge in [0.25, 0.3) is 0 Å². The lowest BCUT2D eigenvalue weighted by Gasteiger charge is -2.21. The molecule has 0 spiro atoms. The Morgan fingerprint density at radius 2 is 1.76 bits per heavy atom. The lowest BCUT2D eigenvalue weighted by molar-refractivity contribution is 0.393. The lowest BCUT2D eigenvalue weighted by atomic mass is 9.97. The van der Waals surface area contributed by atoms with Crippen LogP contribution in [0.2, 0.25) is 0 Å². The first-order valence-electron chi connectivity index (χ1n) is 10.7. The Balaban J connectivity index is 1.66. The summed E-state index contributed by atoms with van der Waals surface area (Å²) in [5.41, 5.74) is 19.7. The van der Waals surface area contributed by atoms with Crippen LogP contribution in [0.25, 0.3) is 32.7 Å². The van der Waals surface area contributed by atoms with Gasteiger partial charge in [-0.1, -0.05) is 35.5 Å². The molecule has 2 atom stereocenters. The number of pyridine rings is 1. The Hall–Kier alpha value is -3.46. The summed E-state index contributed by atoms with van der Waals surface area (Å²) in [6, 6.07) is 13.1. The smallest absolute Gasteiger partial charge is 0.160 e. The van der Waals surface area contributed by atoms with Gasteiger partial charge in [0, 0.05) is 34.9 Å². The molecule has 4 aromatic heterocycles. The van der Waals surface area contributed by atoms with E-state index in [1.54, 1.807) is 23.7 Å². The average molecular weight is 457 g/mol. The van der Waals surface area contributed by atoms with Crippen molar-refractivity contribution >= 4 is 21.6 Å². The highest BCUT2D eigenvalue weighted by atomic mass is 32.1. The topological polar surface area (TPSA) is 117 Å². The molecule has 0 aliphatic rings. The van der Waals surface area contributed by atoms with E-state index in [-0.39, 0.29) is 6.04 Å². The molecular weight excluding hydrogens is 432 g/mol. The van der Waals surface area contributed by atoms with Gasteiger partial charge in [0.15, 0.2) is 5.82 Å². The van der Waals surface area contributed by atoms with Crippen LogP contribution >= 0.6 is 11.3 Å². The first-order valence-corrected chi connectivity index (χ1v) is 11.6. The van der Waals surface area contributed by atoms with Crippen LogP contribution in [0, 0.1) is 13.8 Å². The Labute approximate surface area is 195 Å². The van der Waals surface area contributed by atoms with Crippen LogP contribution in [-0.2, 0) is 6.42 Å². The zero-order valence-electron chi connectivity index (χ0n) is 18.4. The third kappa shape index (κ3) is 4.04. The van der Waals surface area contributed by atoms with Crippen molar-refractivity contribution in [3.05, 3.63) is 82.9 Å². The first kappa shape index (κ1) is 21.4. The number of benzene rings is 1. The van der Waals surface area contributed by atoms with E-state index in [4.69, 9.17) is 26.0 Å². The van der Waals surface area contributed by atoms with Gasteiger partial charge in [0.1, 0.15) is 5.76 Å². The van der Waals surface area contributed by atoms with Gasteiger partial charge in [-0.15, -0.1) is 11.3 Å². The maximum atomic E-state index is 6.74. The van der Waals surface area contributed by atoms with E-state index in [0.29, 0.717) is 12.2 Å². The van der Waals surface area contributed by atoms with E-state index in [2.05, 4.69) is 27.7 Å². The van der Waals surface area contributed by atoms with Gasteiger partial charge in [-0.25, -0.2) is 9.97 Å². The third-order valence-electron chi connectivity index (χ3n) is 5.77. The van der Waals surface area contributed by atoms with Crippen LogP contribution in [0.4, 0.5) is 0 Å². The van der Waals surface area contributed by atoms with Gasteiger partial charge in [-0.05, 0) is 38.0 Å². The molecule has 4 N–H and O–H groups in total. The minimum atomic E-state index is -0.465. The molecule has 2 unspecified atom stereocenters. The molecular formula is C25H24N6OS. The molecule has 5 aromatic rings. The van der Waals surface area contributed by atoms with E-state index >= 15 is 0 Å². The summed E-state index contributed by atoms with van der Waals surface area (Å²) in [5, 5.41) is 6.20. The second kappa shape index (κ2) is 8.82. The minimum Gasteiger partial charge on any atom is -0.361 e. The number of thiophene rings is 1. The molecule has 0 fully saturated rings. The fourth-order valence-electron chi connectivity index (χ4n) is 4.06. The van der Waals surface area contributed by atoms with Crippen LogP contribution in [0.5, 0.6) is 0 Å². The summed E-state index contributed by atoms with van der Waals surface area (Å²) in [7, 11) is 0.